The van der Waals surface area contributed by atoms with Gasteiger partial charge in [-0.1, -0.05) is 0 Å². The number of hydrogen-bond acceptors (Lipinski definition) is 3. The first kappa shape index (κ1) is 12.9. The largest absolute Gasteiger partial charge is 0.496 e. The summed E-state index contributed by atoms with van der Waals surface area (Å²) in [6.07, 6.45) is 4.06. The molecule has 0 aromatic heterocycles. The molecule has 3 rings (SSSR count). The molecule has 0 spiro atoms. The molecule has 3 nitrogen and oxygen atoms in total. The van der Waals surface area contributed by atoms with Gasteiger partial charge in [0, 0.05) is 12.8 Å². The van der Waals surface area contributed by atoms with E-state index in [-0.39, 0.29) is 12.2 Å². The van der Waals surface area contributed by atoms with E-state index in [1.807, 2.05) is 19.9 Å². The molecular formula is C16H22O3. The van der Waals surface area contributed by atoms with Gasteiger partial charge in [-0.3, -0.25) is 0 Å². The van der Waals surface area contributed by atoms with Gasteiger partial charge >= 0.3 is 0 Å². The van der Waals surface area contributed by atoms with Crippen LogP contribution >= 0.6 is 0 Å². The van der Waals surface area contributed by atoms with Crippen LogP contribution in [-0.2, 0) is 10.3 Å². The van der Waals surface area contributed by atoms with Gasteiger partial charge in [0.05, 0.1) is 24.9 Å². The third-order valence-corrected chi connectivity index (χ3v) is 4.57. The van der Waals surface area contributed by atoms with Gasteiger partial charge in [0.2, 0.25) is 0 Å². The zero-order valence-corrected chi connectivity index (χ0v) is 11.9. The van der Waals surface area contributed by atoms with E-state index in [9.17, 15) is 5.11 Å². The fourth-order valence-corrected chi connectivity index (χ4v) is 3.65. The monoisotopic (exact) mass is 262 g/mol. The molecule has 2 aliphatic heterocycles. The molecule has 0 radical (unpaired) electrons. The van der Waals surface area contributed by atoms with Gasteiger partial charge in [0.1, 0.15) is 5.75 Å². The highest BCUT2D eigenvalue weighted by molar-refractivity contribution is 5.44. The fraction of sp³-hybridized carbons (Fsp3) is 0.625. The molecule has 2 aliphatic rings. The predicted molar refractivity (Wildman–Crippen MR) is 73.5 cm³/mol. The second-order valence-electron chi connectivity index (χ2n) is 6.03. The first-order chi connectivity index (χ1) is 9.01. The van der Waals surface area contributed by atoms with Crippen molar-refractivity contribution in [2.75, 3.05) is 7.11 Å². The quantitative estimate of drug-likeness (QED) is 0.890. The summed E-state index contributed by atoms with van der Waals surface area (Å²) in [7, 11) is 1.69. The SMILES string of the molecule is COc1cc(C)c(C2(O)CC3CCC(C2)O3)cc1C. The van der Waals surface area contributed by atoms with Gasteiger partial charge in [0.25, 0.3) is 0 Å². The van der Waals surface area contributed by atoms with Crippen molar-refractivity contribution in [2.24, 2.45) is 0 Å². The zero-order chi connectivity index (χ0) is 13.6. The van der Waals surface area contributed by atoms with Gasteiger partial charge in [-0.15, -0.1) is 0 Å². The van der Waals surface area contributed by atoms with Crippen molar-refractivity contribution in [1.82, 2.24) is 0 Å². The summed E-state index contributed by atoms with van der Waals surface area (Å²) >= 11 is 0. The molecule has 2 atom stereocenters. The number of rotatable bonds is 2. The Morgan fingerprint density at radius 1 is 1.16 bits per heavy atom. The summed E-state index contributed by atoms with van der Waals surface area (Å²) in [6, 6.07) is 4.11. The summed E-state index contributed by atoms with van der Waals surface area (Å²) < 4.78 is 11.2. The summed E-state index contributed by atoms with van der Waals surface area (Å²) in [5.41, 5.74) is 2.50. The van der Waals surface area contributed by atoms with E-state index in [1.54, 1.807) is 7.11 Å². The van der Waals surface area contributed by atoms with Crippen molar-refractivity contribution in [3.63, 3.8) is 0 Å². The molecule has 1 aromatic carbocycles. The van der Waals surface area contributed by atoms with E-state index in [0.717, 1.165) is 48.1 Å². The number of benzene rings is 1. The molecule has 19 heavy (non-hydrogen) atoms. The molecule has 0 saturated carbocycles. The molecule has 2 fully saturated rings. The van der Waals surface area contributed by atoms with Crippen LogP contribution in [0.3, 0.4) is 0 Å². The van der Waals surface area contributed by atoms with Gasteiger partial charge in [-0.2, -0.15) is 0 Å². The van der Waals surface area contributed by atoms with Crippen LogP contribution in [0.15, 0.2) is 12.1 Å². The minimum absolute atomic E-state index is 0.227. The molecule has 2 heterocycles. The maximum absolute atomic E-state index is 11.1. The minimum Gasteiger partial charge on any atom is -0.496 e. The Kier molecular flexibility index (Phi) is 3.06. The normalized spacial score (nSPS) is 33.5. The van der Waals surface area contributed by atoms with Crippen LogP contribution < -0.4 is 4.74 Å². The number of ether oxygens (including phenoxy) is 2. The Hall–Kier alpha value is -1.06. The molecular weight excluding hydrogens is 240 g/mol. The summed E-state index contributed by atoms with van der Waals surface area (Å²) in [4.78, 5) is 0. The van der Waals surface area contributed by atoms with E-state index in [4.69, 9.17) is 9.47 Å². The number of hydrogen-bond donors (Lipinski definition) is 1. The van der Waals surface area contributed by atoms with Crippen LogP contribution in [0.5, 0.6) is 5.75 Å². The van der Waals surface area contributed by atoms with Crippen LogP contribution in [-0.4, -0.2) is 24.4 Å². The van der Waals surface area contributed by atoms with E-state index in [0.29, 0.717) is 0 Å². The highest BCUT2D eigenvalue weighted by Gasteiger charge is 2.45. The summed E-state index contributed by atoms with van der Waals surface area (Å²) in [5, 5.41) is 11.1. The molecule has 2 saturated heterocycles. The zero-order valence-electron chi connectivity index (χ0n) is 11.9. The van der Waals surface area contributed by atoms with E-state index in [2.05, 4.69) is 6.07 Å². The lowest BCUT2D eigenvalue weighted by Gasteiger charge is -2.38. The maximum atomic E-state index is 11.1. The third-order valence-electron chi connectivity index (χ3n) is 4.57. The van der Waals surface area contributed by atoms with Crippen LogP contribution in [0.4, 0.5) is 0 Å². The molecule has 0 aliphatic carbocycles. The van der Waals surface area contributed by atoms with Crippen LogP contribution in [0.1, 0.15) is 42.4 Å². The van der Waals surface area contributed by atoms with Gasteiger partial charge < -0.3 is 14.6 Å². The molecule has 104 valence electrons. The van der Waals surface area contributed by atoms with Crippen molar-refractivity contribution in [3.8, 4) is 5.75 Å². The Labute approximate surface area is 114 Å². The Morgan fingerprint density at radius 3 is 2.37 bits per heavy atom. The van der Waals surface area contributed by atoms with E-state index < -0.39 is 5.60 Å². The molecule has 2 bridgehead atoms. The van der Waals surface area contributed by atoms with Crippen molar-refractivity contribution < 1.29 is 14.6 Å². The van der Waals surface area contributed by atoms with Crippen LogP contribution in [0, 0.1) is 13.8 Å². The fourth-order valence-electron chi connectivity index (χ4n) is 3.65. The lowest BCUT2D eigenvalue weighted by Crippen LogP contribution is -2.39. The molecule has 3 heteroatoms. The van der Waals surface area contributed by atoms with Gasteiger partial charge in [0.15, 0.2) is 0 Å². The maximum Gasteiger partial charge on any atom is 0.122 e. The van der Waals surface area contributed by atoms with Crippen molar-refractivity contribution >= 4 is 0 Å². The molecule has 1 N–H and O–H groups in total. The van der Waals surface area contributed by atoms with Crippen LogP contribution in [0.25, 0.3) is 0 Å². The standard InChI is InChI=1S/C16H22O3/c1-10-7-15(18-3)11(2)6-14(10)16(17)8-12-4-5-13(9-16)19-12/h6-7,12-13,17H,4-5,8-9H2,1-3H3. The second kappa shape index (κ2) is 4.50. The molecule has 2 unspecified atom stereocenters. The first-order valence-corrected chi connectivity index (χ1v) is 7.05. The number of aryl methyl sites for hydroxylation is 2. The average Bonchev–Trinajstić information content (AvgIpc) is 2.71. The minimum atomic E-state index is -0.731. The topological polar surface area (TPSA) is 38.7 Å². The van der Waals surface area contributed by atoms with Crippen LogP contribution in [0.2, 0.25) is 0 Å². The lowest BCUT2D eigenvalue weighted by atomic mass is 9.80. The smallest absolute Gasteiger partial charge is 0.122 e. The summed E-state index contributed by atoms with van der Waals surface area (Å²) in [5.74, 6) is 0.889. The van der Waals surface area contributed by atoms with Crippen molar-refractivity contribution in [2.45, 2.75) is 57.3 Å². The highest BCUT2D eigenvalue weighted by Crippen LogP contribution is 2.45. The Balaban J connectivity index is 1.99. The molecule has 0 amide bonds. The molecule has 1 aromatic rings. The average molecular weight is 262 g/mol. The predicted octanol–water partition coefficient (Wildman–Crippen LogP) is 2.84. The number of methoxy groups -OCH3 is 1. The van der Waals surface area contributed by atoms with Gasteiger partial charge in [-0.05, 0) is 55.5 Å². The third kappa shape index (κ3) is 2.15. The van der Waals surface area contributed by atoms with Crippen molar-refractivity contribution in [1.29, 1.82) is 0 Å². The number of fused-ring (bicyclic) bond motifs is 2. The Morgan fingerprint density at radius 2 is 1.79 bits per heavy atom. The van der Waals surface area contributed by atoms with E-state index in [1.165, 1.54) is 0 Å². The number of aliphatic hydroxyl groups is 1. The first-order valence-electron chi connectivity index (χ1n) is 7.05. The lowest BCUT2D eigenvalue weighted by molar-refractivity contribution is -0.115. The van der Waals surface area contributed by atoms with E-state index >= 15 is 0 Å². The highest BCUT2D eigenvalue weighted by atomic mass is 16.5. The van der Waals surface area contributed by atoms with Crippen molar-refractivity contribution in [3.05, 3.63) is 28.8 Å². The van der Waals surface area contributed by atoms with Gasteiger partial charge in [-0.25, -0.2) is 0 Å². The second-order valence-corrected chi connectivity index (χ2v) is 6.03. The summed E-state index contributed by atoms with van der Waals surface area (Å²) in [6.45, 7) is 4.08. The Bertz CT molecular complexity index is 483.